The van der Waals surface area contributed by atoms with E-state index >= 15 is 0 Å². The summed E-state index contributed by atoms with van der Waals surface area (Å²) in [6.07, 6.45) is 8.60. The maximum atomic E-state index is 14.2. The average Bonchev–Trinajstić information content (AvgIpc) is 4.07. The van der Waals surface area contributed by atoms with Crippen LogP contribution in [0.4, 0.5) is 5.69 Å². The van der Waals surface area contributed by atoms with Crippen LogP contribution in [0, 0.1) is 23.7 Å². The smallest absolute Gasteiger partial charge is 0.246 e. The van der Waals surface area contributed by atoms with Gasteiger partial charge in [0.25, 0.3) is 0 Å². The van der Waals surface area contributed by atoms with E-state index in [2.05, 4.69) is 69.4 Å². The largest absolute Gasteiger partial charge is 0.391 e. The van der Waals surface area contributed by atoms with Gasteiger partial charge in [0.2, 0.25) is 17.7 Å². The van der Waals surface area contributed by atoms with Crippen molar-refractivity contribution in [2.75, 3.05) is 44.2 Å². The van der Waals surface area contributed by atoms with Crippen molar-refractivity contribution in [3.8, 4) is 16.5 Å². The molecule has 2 aliphatic heterocycles. The molecule has 14 heteroatoms. The van der Waals surface area contributed by atoms with Crippen LogP contribution in [-0.4, -0.2) is 106 Å². The molecule has 0 radical (unpaired) electrons. The highest BCUT2D eigenvalue weighted by molar-refractivity contribution is 7.13. The van der Waals surface area contributed by atoms with Crippen LogP contribution in [0.15, 0.2) is 47.5 Å². The normalized spacial score (nSPS) is 19.3. The first-order valence-electron chi connectivity index (χ1n) is 25.1. The summed E-state index contributed by atoms with van der Waals surface area (Å²) in [6, 6.07) is 13.0. The molecule has 0 spiro atoms. The number of allylic oxidation sites excluding steroid dienone is 1. The molecule has 4 N–H and O–H groups in total. The number of hydrogen-bond acceptors (Lipinski definition) is 10. The lowest BCUT2D eigenvalue weighted by atomic mass is 9.70. The zero-order chi connectivity index (χ0) is 49.2. The number of H-pyrrole nitrogens is 1. The highest BCUT2D eigenvalue weighted by atomic mass is 32.1. The fourth-order valence-corrected chi connectivity index (χ4v) is 11.6. The molecular weight excluding hydrogens is 885 g/mol. The summed E-state index contributed by atoms with van der Waals surface area (Å²) in [4.78, 5) is 70.6. The SMILES string of the molecule is CCc1cc2c(cc1N1CCN(CCCCCCCC(=O)NC(C(=O)N3C[C@H](O)C[C@H]3C(=O)NCc3ccc(-c4scnc4C)cc3)C(C)(C)C)CC1)C(C)(C)c1[nH]c3c(c1C2=O)CCC(C#N)=C3. The lowest BCUT2D eigenvalue weighted by Gasteiger charge is -2.39. The molecule has 69 heavy (non-hydrogen) atoms. The molecule has 2 fully saturated rings. The minimum Gasteiger partial charge on any atom is -0.391 e. The number of amides is 3. The van der Waals surface area contributed by atoms with Crippen molar-refractivity contribution < 1.29 is 24.3 Å². The van der Waals surface area contributed by atoms with E-state index in [9.17, 15) is 29.5 Å². The van der Waals surface area contributed by atoms with Gasteiger partial charge in [-0.25, -0.2) is 4.98 Å². The summed E-state index contributed by atoms with van der Waals surface area (Å²) in [7, 11) is 0. The quantitative estimate of drug-likeness (QED) is 0.0812. The number of nitriles is 1. The molecule has 366 valence electrons. The number of fused-ring (bicyclic) bond motifs is 4. The van der Waals surface area contributed by atoms with Gasteiger partial charge in [0.15, 0.2) is 5.78 Å². The van der Waals surface area contributed by atoms with Crippen LogP contribution in [0.1, 0.15) is 148 Å². The van der Waals surface area contributed by atoms with Crippen LogP contribution in [-0.2, 0) is 39.2 Å². The Morgan fingerprint density at radius 3 is 2.43 bits per heavy atom. The topological polar surface area (TPSA) is 175 Å². The first-order chi connectivity index (χ1) is 33.0. The molecule has 8 rings (SSSR count). The molecule has 4 aromatic rings. The first kappa shape index (κ1) is 49.8. The average molecular weight is 955 g/mol. The third-order valence-electron chi connectivity index (χ3n) is 14.9. The van der Waals surface area contributed by atoms with E-state index in [4.69, 9.17) is 0 Å². The van der Waals surface area contributed by atoms with Gasteiger partial charge >= 0.3 is 0 Å². The number of benzene rings is 2. The number of carbonyl (C=O) groups is 4. The Hall–Kier alpha value is -5.62. The summed E-state index contributed by atoms with van der Waals surface area (Å²) in [5.74, 6) is -0.764. The minimum atomic E-state index is -0.846. The number of aliphatic hydroxyl groups excluding tert-OH is 1. The van der Waals surface area contributed by atoms with Gasteiger partial charge in [-0.15, -0.1) is 11.3 Å². The number of aliphatic hydroxyl groups is 1. The van der Waals surface area contributed by atoms with E-state index in [1.165, 1.54) is 16.2 Å². The fourth-order valence-electron chi connectivity index (χ4n) is 10.8. The number of nitrogens with zero attached hydrogens (tertiary/aromatic N) is 5. The molecule has 2 aromatic heterocycles. The maximum Gasteiger partial charge on any atom is 0.246 e. The Morgan fingerprint density at radius 1 is 1.03 bits per heavy atom. The molecule has 4 heterocycles. The van der Waals surface area contributed by atoms with E-state index in [1.54, 1.807) is 11.3 Å². The van der Waals surface area contributed by atoms with Crippen LogP contribution in [0.5, 0.6) is 0 Å². The number of ketones is 1. The lowest BCUT2D eigenvalue weighted by molar-refractivity contribution is -0.144. The number of rotatable bonds is 16. The second-order valence-corrected chi connectivity index (χ2v) is 22.0. The highest BCUT2D eigenvalue weighted by Crippen LogP contribution is 2.46. The van der Waals surface area contributed by atoms with E-state index in [-0.39, 0.29) is 48.4 Å². The van der Waals surface area contributed by atoms with Gasteiger partial charge in [-0.05, 0) is 97.0 Å². The Labute approximate surface area is 411 Å². The number of piperazine rings is 1. The third kappa shape index (κ3) is 10.6. The lowest BCUT2D eigenvalue weighted by Crippen LogP contribution is -2.57. The van der Waals surface area contributed by atoms with Crippen molar-refractivity contribution in [3.05, 3.63) is 97.9 Å². The van der Waals surface area contributed by atoms with Crippen LogP contribution < -0.4 is 15.5 Å². The van der Waals surface area contributed by atoms with Crippen molar-refractivity contribution in [3.63, 3.8) is 0 Å². The van der Waals surface area contributed by atoms with Gasteiger partial charge in [0.05, 0.1) is 28.3 Å². The number of aryl methyl sites for hydroxylation is 2. The zero-order valence-corrected chi connectivity index (χ0v) is 42.4. The van der Waals surface area contributed by atoms with E-state index < -0.39 is 23.6 Å². The predicted molar refractivity (Wildman–Crippen MR) is 272 cm³/mol. The van der Waals surface area contributed by atoms with Crippen molar-refractivity contribution in [1.82, 2.24) is 30.4 Å². The Kier molecular flexibility index (Phi) is 15.0. The molecule has 2 saturated heterocycles. The van der Waals surface area contributed by atoms with Gasteiger partial charge in [-0.2, -0.15) is 5.26 Å². The second kappa shape index (κ2) is 20.8. The summed E-state index contributed by atoms with van der Waals surface area (Å²) in [6.45, 7) is 19.4. The predicted octanol–water partition coefficient (Wildman–Crippen LogP) is 8.00. The number of aromatic amines is 1. The zero-order valence-electron chi connectivity index (χ0n) is 41.6. The number of aromatic nitrogens is 2. The highest BCUT2D eigenvalue weighted by Gasteiger charge is 2.45. The van der Waals surface area contributed by atoms with Crippen LogP contribution in [0.25, 0.3) is 16.5 Å². The van der Waals surface area contributed by atoms with Gasteiger partial charge in [-0.1, -0.05) is 85.1 Å². The number of β-amino-alcohol motifs (C(OH)–C–C–N with tert-alkyl or cyclic N) is 1. The molecule has 3 atom stereocenters. The summed E-state index contributed by atoms with van der Waals surface area (Å²) in [5.41, 5.74) is 12.6. The van der Waals surface area contributed by atoms with Crippen LogP contribution in [0.3, 0.4) is 0 Å². The van der Waals surface area contributed by atoms with Crippen molar-refractivity contribution in [2.45, 2.75) is 143 Å². The molecule has 3 amide bonds. The van der Waals surface area contributed by atoms with E-state index in [0.29, 0.717) is 19.3 Å². The Balaban J connectivity index is 0.764. The molecule has 0 bridgehead atoms. The van der Waals surface area contributed by atoms with Gasteiger partial charge in [0.1, 0.15) is 12.1 Å². The molecule has 2 aromatic carbocycles. The standard InChI is InChI=1S/C55H70N8O5S/c1-8-37-27-41-42(55(6,7)50-47(48(41)66)40-20-17-36(30-56)26-43(40)59-50)29-44(37)62-24-22-61(23-25-62)21-13-11-9-10-12-14-46(65)60-51(54(3,4)5)53(68)63-32-39(64)28-45(63)52(67)57-31-35-15-18-38(19-16-35)49-34(2)58-33-69-49/h15-16,18-19,26-27,29,33,39,45,51,59,64H,8-14,17,20-25,28,31-32H2,1-7H3,(H,57,67)(H,60,65)/t39-,45+,51?/m1/s1. The van der Waals surface area contributed by atoms with Gasteiger partial charge < -0.3 is 30.5 Å². The number of anilines is 1. The minimum absolute atomic E-state index is 0.0383. The number of thiazole rings is 1. The van der Waals surface area contributed by atoms with Crippen LogP contribution >= 0.6 is 11.3 Å². The van der Waals surface area contributed by atoms with Gasteiger partial charge in [-0.3, -0.25) is 24.1 Å². The van der Waals surface area contributed by atoms with E-state index in [0.717, 1.165) is 132 Å². The van der Waals surface area contributed by atoms with E-state index in [1.807, 2.05) is 63.5 Å². The van der Waals surface area contributed by atoms with Gasteiger partial charge in [0, 0.05) is 91.3 Å². The first-order valence-corrected chi connectivity index (χ1v) is 26.0. The maximum absolute atomic E-state index is 14.2. The fraction of sp³-hybridized carbons (Fsp3) is 0.527. The molecule has 2 aliphatic carbocycles. The number of unbranched alkanes of at least 4 members (excludes halogenated alkanes) is 4. The monoisotopic (exact) mass is 955 g/mol. The molecular formula is C55H70N8O5S. The van der Waals surface area contributed by atoms with Crippen molar-refractivity contribution >= 4 is 46.6 Å². The Bertz CT molecular complexity index is 2640. The summed E-state index contributed by atoms with van der Waals surface area (Å²) in [5, 5.41) is 26.1. The van der Waals surface area contributed by atoms with Crippen LogP contribution in [0.2, 0.25) is 0 Å². The molecule has 1 unspecified atom stereocenters. The van der Waals surface area contributed by atoms with Crippen molar-refractivity contribution in [1.29, 1.82) is 5.26 Å². The number of nitrogens with one attached hydrogen (secondary N) is 3. The van der Waals surface area contributed by atoms with Crippen molar-refractivity contribution in [2.24, 2.45) is 5.41 Å². The molecule has 0 saturated carbocycles. The number of carbonyl (C=O) groups excluding carboxylic acids is 4. The molecule has 4 aliphatic rings. The number of likely N-dealkylation sites (tertiary alicyclic amines) is 1. The third-order valence-corrected chi connectivity index (χ3v) is 15.9. The number of hydrogen-bond donors (Lipinski definition) is 4. The summed E-state index contributed by atoms with van der Waals surface area (Å²) >= 11 is 1.59. The second-order valence-electron chi connectivity index (χ2n) is 21.2. The summed E-state index contributed by atoms with van der Waals surface area (Å²) < 4.78 is 0. The molecule has 13 nitrogen and oxygen atoms in total. The Morgan fingerprint density at radius 2 is 1.75 bits per heavy atom.